The van der Waals surface area contributed by atoms with Gasteiger partial charge in [-0.2, -0.15) is 0 Å². The molecule has 116 valence electrons. The Bertz CT molecular complexity index is 473. The van der Waals surface area contributed by atoms with Gasteiger partial charge in [0, 0.05) is 26.2 Å². The average molecular weight is 327 g/mol. The van der Waals surface area contributed by atoms with Crippen molar-refractivity contribution in [2.24, 2.45) is 5.92 Å². The molecule has 3 aliphatic heterocycles. The summed E-state index contributed by atoms with van der Waals surface area (Å²) in [5.41, 5.74) is 0. The molecule has 0 unspecified atom stereocenters. The van der Waals surface area contributed by atoms with Crippen molar-refractivity contribution in [1.82, 2.24) is 0 Å². The van der Waals surface area contributed by atoms with Crippen LogP contribution in [0.5, 0.6) is 0 Å². The molecule has 0 aliphatic carbocycles. The molecule has 0 amide bonds. The molecular weight excluding hydrogens is 299 g/mol. The standard InChI is InChI=1S/C13H23O5PS/c1-9-3-6-16-13(9)12-5-8-17-19(14,20-12)18-11-4-7-15-10(11)2/h9-13H,3-8H2,1-2H3/t9-,10+,11-,12+,13-,19+/m0/s1/i2D,6T,7T/t6-,7-,9-,10+,11-,12+,13-,19+. The molecule has 0 spiro atoms. The zero-order valence-corrected chi connectivity index (χ0v) is 13.2. The fourth-order valence-electron chi connectivity index (χ4n) is 2.64. The smallest absolute Gasteiger partial charge is 0.377 e. The number of ether oxygens (including phenoxy) is 2. The van der Waals surface area contributed by atoms with Crippen LogP contribution in [0.4, 0.5) is 0 Å². The predicted molar refractivity (Wildman–Crippen MR) is 78.0 cm³/mol. The van der Waals surface area contributed by atoms with Crippen LogP contribution in [0, 0.1) is 5.92 Å². The Morgan fingerprint density at radius 3 is 3.00 bits per heavy atom. The Kier molecular flexibility index (Phi) is 3.74. The van der Waals surface area contributed by atoms with E-state index in [0.29, 0.717) is 25.9 Å². The van der Waals surface area contributed by atoms with Crippen molar-refractivity contribution in [2.75, 3.05) is 19.8 Å². The summed E-state index contributed by atoms with van der Waals surface area (Å²) in [7, 11) is 0. The molecule has 0 N–H and O–H groups in total. The largest absolute Gasteiger partial charge is 0.389 e. The molecule has 3 saturated heterocycles. The van der Waals surface area contributed by atoms with Crippen LogP contribution in [0.25, 0.3) is 0 Å². The summed E-state index contributed by atoms with van der Waals surface area (Å²) in [5.74, 6) is 0.245. The second-order valence-corrected chi connectivity index (χ2v) is 9.57. The van der Waals surface area contributed by atoms with Gasteiger partial charge in [-0.15, -0.1) is 0 Å². The van der Waals surface area contributed by atoms with E-state index in [-0.39, 0.29) is 24.2 Å². The van der Waals surface area contributed by atoms with Gasteiger partial charge in [-0.3, -0.25) is 4.52 Å². The van der Waals surface area contributed by atoms with Crippen LogP contribution in [0.1, 0.15) is 37.2 Å². The van der Waals surface area contributed by atoms with Gasteiger partial charge in [0.05, 0.1) is 27.7 Å². The topological polar surface area (TPSA) is 54.0 Å². The van der Waals surface area contributed by atoms with E-state index in [0.717, 1.165) is 11.4 Å². The Balaban J connectivity index is 1.64. The van der Waals surface area contributed by atoms with E-state index in [1.165, 1.54) is 0 Å². The van der Waals surface area contributed by atoms with Gasteiger partial charge in [-0.1, -0.05) is 6.92 Å². The van der Waals surface area contributed by atoms with Gasteiger partial charge in [0.25, 0.3) is 0 Å². The summed E-state index contributed by atoms with van der Waals surface area (Å²) >= 11 is 1.16. The van der Waals surface area contributed by atoms with Crippen molar-refractivity contribution in [2.45, 2.75) is 56.6 Å². The maximum atomic E-state index is 13.0. The SMILES string of the molecule is [2H]C[C@H]1O[C@@H]([3H])C[C@@H]1O[P@@]1(=O)OCC[C@H]([C@H]2O[C@@H]([3H])C[C@@H]2C)S1. The average Bonchev–Trinajstić information content (AvgIpc) is 3.00. The zero-order chi connectivity index (χ0) is 16.6. The highest BCUT2D eigenvalue weighted by Gasteiger charge is 2.44. The third-order valence-electron chi connectivity index (χ3n) is 3.84. The lowest BCUT2D eigenvalue weighted by Crippen LogP contribution is -2.31. The summed E-state index contributed by atoms with van der Waals surface area (Å²) in [5, 5.41) is -0.0245. The molecule has 0 aromatic heterocycles. The van der Waals surface area contributed by atoms with Crippen molar-refractivity contribution in [3.63, 3.8) is 0 Å². The highest BCUT2D eigenvalue weighted by Crippen LogP contribution is 2.67. The first-order chi connectivity index (χ1) is 10.9. The van der Waals surface area contributed by atoms with Crippen LogP contribution < -0.4 is 0 Å². The molecule has 0 bridgehead atoms. The fourth-order valence-corrected chi connectivity index (χ4v) is 7.24. The lowest BCUT2D eigenvalue weighted by Gasteiger charge is -2.34. The van der Waals surface area contributed by atoms with E-state index in [9.17, 15) is 4.57 Å². The molecule has 3 fully saturated rings. The first-order valence-electron chi connectivity index (χ1n) is 8.82. The number of hydrogen-bond donors (Lipinski definition) is 0. The third kappa shape index (κ3) is 3.26. The zero-order valence-electron chi connectivity index (χ0n) is 14.5. The normalized spacial score (nSPS) is 59.0. The number of hydrogen-bond acceptors (Lipinski definition) is 6. The maximum Gasteiger partial charge on any atom is 0.389 e. The lowest BCUT2D eigenvalue weighted by atomic mass is 10.00. The first kappa shape index (κ1) is 11.9. The Morgan fingerprint density at radius 2 is 2.25 bits per heavy atom. The van der Waals surface area contributed by atoms with Crippen LogP contribution >= 0.6 is 18.2 Å². The van der Waals surface area contributed by atoms with Crippen molar-refractivity contribution in [3.05, 3.63) is 0 Å². The number of rotatable bonds is 3. The van der Waals surface area contributed by atoms with Crippen LogP contribution in [-0.2, 0) is 23.1 Å². The Labute approximate surface area is 128 Å². The Hall–Kier alpha value is 0.420. The van der Waals surface area contributed by atoms with Gasteiger partial charge < -0.3 is 14.0 Å². The van der Waals surface area contributed by atoms with Crippen LogP contribution in [-0.4, -0.2) is 43.3 Å². The van der Waals surface area contributed by atoms with Crippen molar-refractivity contribution in [1.29, 1.82) is 0 Å². The lowest BCUT2D eigenvalue weighted by molar-refractivity contribution is 0.0560. The van der Waals surface area contributed by atoms with Gasteiger partial charge in [0.2, 0.25) is 0 Å². The van der Waals surface area contributed by atoms with E-state index < -0.39 is 32.2 Å². The monoisotopic (exact) mass is 327 g/mol. The van der Waals surface area contributed by atoms with Gasteiger partial charge >= 0.3 is 6.80 Å². The molecule has 3 rings (SSSR count). The summed E-state index contributed by atoms with van der Waals surface area (Å²) in [6.45, 7) is -2.28. The van der Waals surface area contributed by atoms with Gasteiger partial charge in [0.1, 0.15) is 0 Å². The molecule has 7 heteroatoms. The highest BCUT2D eigenvalue weighted by molar-refractivity contribution is 8.55. The summed E-state index contributed by atoms with van der Waals surface area (Å²) in [4.78, 5) is 0. The second-order valence-electron chi connectivity index (χ2n) is 5.41. The Morgan fingerprint density at radius 1 is 1.40 bits per heavy atom. The van der Waals surface area contributed by atoms with Gasteiger partial charge in [0.15, 0.2) is 0 Å². The van der Waals surface area contributed by atoms with E-state index in [1.807, 2.05) is 6.92 Å². The molecule has 3 heterocycles. The van der Waals surface area contributed by atoms with Crippen molar-refractivity contribution in [3.8, 4) is 0 Å². The van der Waals surface area contributed by atoms with E-state index in [2.05, 4.69) is 0 Å². The molecule has 20 heavy (non-hydrogen) atoms. The molecule has 0 radical (unpaired) electrons. The predicted octanol–water partition coefficient (Wildman–Crippen LogP) is 3.24. The van der Waals surface area contributed by atoms with E-state index in [1.54, 1.807) is 0 Å². The molecule has 5 nitrogen and oxygen atoms in total. The van der Waals surface area contributed by atoms with Crippen LogP contribution in [0.15, 0.2) is 0 Å². The third-order valence-corrected chi connectivity index (χ3v) is 8.07. The summed E-state index contributed by atoms with van der Waals surface area (Å²) < 4.78 is 57.9. The summed E-state index contributed by atoms with van der Waals surface area (Å²) in [6.07, 6.45) is 0.507. The molecule has 0 aromatic rings. The van der Waals surface area contributed by atoms with Crippen molar-refractivity contribution >= 4 is 18.2 Å². The van der Waals surface area contributed by atoms with Crippen molar-refractivity contribution < 1.29 is 27.2 Å². The summed E-state index contributed by atoms with van der Waals surface area (Å²) in [6, 6.07) is 0. The quantitative estimate of drug-likeness (QED) is 0.742. The highest BCUT2D eigenvalue weighted by atomic mass is 32.7. The van der Waals surface area contributed by atoms with E-state index >= 15 is 0 Å². The molecular formula is C13H23O5PS. The van der Waals surface area contributed by atoms with Gasteiger partial charge in [-0.05, 0) is 37.0 Å². The molecule has 0 aromatic carbocycles. The second kappa shape index (κ2) is 6.27. The fraction of sp³-hybridized carbons (Fsp3) is 1.00. The minimum atomic E-state index is -3.37. The molecule has 0 saturated carbocycles. The molecule has 3 aliphatic rings. The molecule has 8 atom stereocenters. The minimum absolute atomic E-state index is 0.0245. The first-order valence-corrected chi connectivity index (χ1v) is 9.99. The van der Waals surface area contributed by atoms with Crippen LogP contribution in [0.2, 0.25) is 0 Å². The maximum absolute atomic E-state index is 13.0. The van der Waals surface area contributed by atoms with Gasteiger partial charge in [-0.25, -0.2) is 4.57 Å². The minimum Gasteiger partial charge on any atom is -0.377 e. The van der Waals surface area contributed by atoms with E-state index in [4.69, 9.17) is 22.6 Å². The van der Waals surface area contributed by atoms with Crippen LogP contribution in [0.3, 0.4) is 0 Å².